The Morgan fingerprint density at radius 3 is 2.40 bits per heavy atom. The Morgan fingerprint density at radius 1 is 1.33 bits per heavy atom. The average Bonchev–Trinajstić information content (AvgIpc) is 2.05. The molecule has 0 spiro atoms. The third-order valence-electron chi connectivity index (χ3n) is 1.52. The van der Waals surface area contributed by atoms with Gasteiger partial charge in [-0.3, -0.25) is 4.79 Å². The summed E-state index contributed by atoms with van der Waals surface area (Å²) in [5, 5.41) is 0. The monoisotopic (exact) mass is 222 g/mol. The van der Waals surface area contributed by atoms with Gasteiger partial charge in [-0.25, -0.2) is 4.39 Å². The van der Waals surface area contributed by atoms with E-state index in [2.05, 4.69) is 4.74 Å². The van der Waals surface area contributed by atoms with Crippen LogP contribution in [0.4, 0.5) is 17.6 Å². The summed E-state index contributed by atoms with van der Waals surface area (Å²) in [6.45, 7) is 0.972. The molecule has 0 amide bonds. The highest BCUT2D eigenvalue weighted by atomic mass is 19.4. The highest BCUT2D eigenvalue weighted by molar-refractivity contribution is 5.69. The van der Waals surface area contributed by atoms with Crippen molar-refractivity contribution in [3.05, 3.63) is 29.6 Å². The number of esters is 1. The molecule has 0 unspecified atom stereocenters. The number of benzene rings is 1. The first-order valence-electron chi connectivity index (χ1n) is 3.86. The molecule has 0 fully saturated rings. The van der Waals surface area contributed by atoms with Crippen LogP contribution < -0.4 is 4.74 Å². The highest BCUT2D eigenvalue weighted by Gasteiger charge is 2.35. The number of halogens is 4. The molecule has 0 atom stereocenters. The fourth-order valence-corrected chi connectivity index (χ4v) is 0.963. The van der Waals surface area contributed by atoms with Crippen LogP contribution in [0, 0.1) is 5.82 Å². The fraction of sp³-hybridized carbons (Fsp3) is 0.222. The summed E-state index contributed by atoms with van der Waals surface area (Å²) in [5.41, 5.74) is -1.46. The van der Waals surface area contributed by atoms with E-state index < -0.39 is 29.3 Å². The smallest absolute Gasteiger partial charge is 0.419 e. The molecule has 0 saturated carbocycles. The molecule has 6 heteroatoms. The Kier molecular flexibility index (Phi) is 2.97. The van der Waals surface area contributed by atoms with Gasteiger partial charge in [0.1, 0.15) is 0 Å². The molecule has 0 aromatic heterocycles. The molecular weight excluding hydrogens is 216 g/mol. The Morgan fingerprint density at radius 2 is 1.93 bits per heavy atom. The van der Waals surface area contributed by atoms with Crippen molar-refractivity contribution in [2.75, 3.05) is 0 Å². The molecule has 0 radical (unpaired) electrons. The predicted molar refractivity (Wildman–Crippen MR) is 42.7 cm³/mol. The van der Waals surface area contributed by atoms with Gasteiger partial charge in [-0.2, -0.15) is 13.2 Å². The third kappa shape index (κ3) is 2.68. The molecule has 0 N–H and O–H groups in total. The van der Waals surface area contributed by atoms with E-state index in [-0.39, 0.29) is 0 Å². The van der Waals surface area contributed by atoms with Crippen LogP contribution >= 0.6 is 0 Å². The normalized spacial score (nSPS) is 11.3. The largest absolute Gasteiger partial charge is 0.424 e. The van der Waals surface area contributed by atoms with Crippen molar-refractivity contribution >= 4 is 5.97 Å². The molecule has 82 valence electrons. The Labute approximate surface area is 82.5 Å². The molecule has 15 heavy (non-hydrogen) atoms. The van der Waals surface area contributed by atoms with Crippen molar-refractivity contribution in [1.29, 1.82) is 0 Å². The van der Waals surface area contributed by atoms with Crippen LogP contribution in [0.2, 0.25) is 0 Å². The zero-order chi connectivity index (χ0) is 11.6. The highest BCUT2D eigenvalue weighted by Crippen LogP contribution is 2.34. The average molecular weight is 222 g/mol. The molecule has 0 aliphatic rings. The fourth-order valence-electron chi connectivity index (χ4n) is 0.963. The van der Waals surface area contributed by atoms with Gasteiger partial charge in [0.05, 0.1) is 5.56 Å². The van der Waals surface area contributed by atoms with Gasteiger partial charge < -0.3 is 4.74 Å². The third-order valence-corrected chi connectivity index (χ3v) is 1.52. The maximum absolute atomic E-state index is 13.1. The van der Waals surface area contributed by atoms with Gasteiger partial charge in [0, 0.05) is 6.92 Å². The van der Waals surface area contributed by atoms with E-state index in [1.165, 1.54) is 0 Å². The van der Waals surface area contributed by atoms with Crippen LogP contribution in [-0.4, -0.2) is 5.97 Å². The van der Waals surface area contributed by atoms with E-state index in [1.807, 2.05) is 0 Å². The lowest BCUT2D eigenvalue weighted by molar-refractivity contribution is -0.141. The van der Waals surface area contributed by atoms with E-state index in [1.54, 1.807) is 0 Å². The lowest BCUT2D eigenvalue weighted by Crippen LogP contribution is -2.11. The maximum Gasteiger partial charge on any atom is 0.419 e. The second kappa shape index (κ2) is 3.88. The molecule has 0 saturated heterocycles. The molecular formula is C9H6F4O2. The topological polar surface area (TPSA) is 26.3 Å². The lowest BCUT2D eigenvalue weighted by atomic mass is 10.2. The van der Waals surface area contributed by atoms with Gasteiger partial charge in [0.25, 0.3) is 0 Å². The van der Waals surface area contributed by atoms with Crippen LogP contribution in [-0.2, 0) is 11.0 Å². The summed E-state index contributed by atoms with van der Waals surface area (Å²) in [5.74, 6) is -3.19. The van der Waals surface area contributed by atoms with Gasteiger partial charge in [-0.15, -0.1) is 0 Å². The Bertz CT molecular complexity index is 384. The first kappa shape index (κ1) is 11.5. The van der Waals surface area contributed by atoms with Crippen molar-refractivity contribution in [3.8, 4) is 5.75 Å². The van der Waals surface area contributed by atoms with Crippen molar-refractivity contribution in [2.24, 2.45) is 0 Å². The van der Waals surface area contributed by atoms with E-state index in [9.17, 15) is 22.4 Å². The molecule has 0 bridgehead atoms. The van der Waals surface area contributed by atoms with Crippen LogP contribution in [0.3, 0.4) is 0 Å². The maximum atomic E-state index is 13.1. The summed E-state index contributed by atoms with van der Waals surface area (Å²) >= 11 is 0. The zero-order valence-corrected chi connectivity index (χ0v) is 7.56. The molecule has 2 nitrogen and oxygen atoms in total. The van der Waals surface area contributed by atoms with Crippen LogP contribution in [0.1, 0.15) is 12.5 Å². The molecule has 1 rings (SSSR count). The number of carbonyl (C=O) groups is 1. The zero-order valence-electron chi connectivity index (χ0n) is 7.56. The van der Waals surface area contributed by atoms with E-state index in [0.29, 0.717) is 6.07 Å². The second-order valence-electron chi connectivity index (χ2n) is 2.71. The van der Waals surface area contributed by atoms with Crippen molar-refractivity contribution in [2.45, 2.75) is 13.1 Å². The standard InChI is InChI=1S/C9H6F4O2/c1-5(14)15-7-4-2-3-6(8(7)10)9(11,12)13/h2-4H,1H3. The number of carbonyl (C=O) groups excluding carboxylic acids is 1. The minimum Gasteiger partial charge on any atom is -0.424 e. The number of alkyl halides is 3. The van der Waals surface area contributed by atoms with Crippen LogP contribution in [0.5, 0.6) is 5.75 Å². The van der Waals surface area contributed by atoms with E-state index >= 15 is 0 Å². The van der Waals surface area contributed by atoms with Crippen molar-refractivity contribution in [1.82, 2.24) is 0 Å². The van der Waals surface area contributed by atoms with Crippen molar-refractivity contribution in [3.63, 3.8) is 0 Å². The predicted octanol–water partition coefficient (Wildman–Crippen LogP) is 2.77. The number of hydrogen-bond acceptors (Lipinski definition) is 2. The van der Waals surface area contributed by atoms with E-state index in [4.69, 9.17) is 0 Å². The van der Waals surface area contributed by atoms with Gasteiger partial charge >= 0.3 is 12.1 Å². The molecule has 0 aliphatic heterocycles. The lowest BCUT2D eigenvalue weighted by Gasteiger charge is -2.10. The van der Waals surface area contributed by atoms with Gasteiger partial charge in [0.15, 0.2) is 11.6 Å². The number of rotatable bonds is 1. The Hall–Kier alpha value is -1.59. The van der Waals surface area contributed by atoms with Crippen LogP contribution in [0.15, 0.2) is 18.2 Å². The minimum atomic E-state index is -4.81. The molecule has 0 heterocycles. The van der Waals surface area contributed by atoms with Gasteiger partial charge in [-0.05, 0) is 12.1 Å². The number of hydrogen-bond donors (Lipinski definition) is 0. The van der Waals surface area contributed by atoms with Crippen molar-refractivity contribution < 1.29 is 27.1 Å². The number of ether oxygens (including phenoxy) is 1. The molecule has 1 aromatic rings. The minimum absolute atomic E-state index is 0.572. The SMILES string of the molecule is CC(=O)Oc1cccc(C(F)(F)F)c1F. The Balaban J connectivity index is 3.17. The van der Waals surface area contributed by atoms with E-state index in [0.717, 1.165) is 19.1 Å². The van der Waals surface area contributed by atoms with Gasteiger partial charge in [0.2, 0.25) is 0 Å². The molecule has 1 aromatic carbocycles. The molecule has 0 aliphatic carbocycles. The first-order valence-corrected chi connectivity index (χ1v) is 3.86. The first-order chi connectivity index (χ1) is 6.82. The summed E-state index contributed by atoms with van der Waals surface area (Å²) in [7, 11) is 0. The summed E-state index contributed by atoms with van der Waals surface area (Å²) < 4.78 is 54.0. The van der Waals surface area contributed by atoms with Crippen LogP contribution in [0.25, 0.3) is 0 Å². The quantitative estimate of drug-likeness (QED) is 0.415. The second-order valence-corrected chi connectivity index (χ2v) is 2.71. The van der Waals surface area contributed by atoms with Gasteiger partial charge in [-0.1, -0.05) is 6.07 Å². The summed E-state index contributed by atoms with van der Waals surface area (Å²) in [6.07, 6.45) is -4.81. The summed E-state index contributed by atoms with van der Waals surface area (Å²) in [6, 6.07) is 2.48. The summed E-state index contributed by atoms with van der Waals surface area (Å²) in [4.78, 5) is 10.5.